The molecule has 108 valence electrons. The molecule has 2 rings (SSSR count). The fourth-order valence-electron chi connectivity index (χ4n) is 2.02. The van der Waals surface area contributed by atoms with Crippen molar-refractivity contribution in [2.45, 2.75) is 12.5 Å². The third-order valence-electron chi connectivity index (χ3n) is 3.15. The number of hydrogen-bond donors (Lipinski definition) is 3. The van der Waals surface area contributed by atoms with Crippen molar-refractivity contribution >= 4 is 11.7 Å². The molecule has 0 amide bonds. The molecule has 2 aromatic carbocycles. The standard InChI is InChI=1S/C16H16N2O3/c17-14(16(19)20)10-11-6-8-13(9-7-11)15(18-21)12-4-2-1-3-5-12/h1-9,14,21H,10,17H2,(H,19,20)/b18-15+/t14-/m0/s1. The summed E-state index contributed by atoms with van der Waals surface area (Å²) in [6, 6.07) is 15.5. The molecule has 4 N–H and O–H groups in total. The largest absolute Gasteiger partial charge is 0.480 e. The summed E-state index contributed by atoms with van der Waals surface area (Å²) in [6.07, 6.45) is 0.256. The minimum atomic E-state index is -1.03. The summed E-state index contributed by atoms with van der Waals surface area (Å²) in [5, 5.41) is 21.4. The first-order valence-electron chi connectivity index (χ1n) is 6.47. The molecule has 5 nitrogen and oxygen atoms in total. The highest BCUT2D eigenvalue weighted by Gasteiger charge is 2.13. The van der Waals surface area contributed by atoms with E-state index >= 15 is 0 Å². The number of hydrogen-bond acceptors (Lipinski definition) is 4. The topological polar surface area (TPSA) is 95.9 Å². The van der Waals surface area contributed by atoms with E-state index in [1.165, 1.54) is 0 Å². The van der Waals surface area contributed by atoms with Crippen LogP contribution in [0, 0.1) is 0 Å². The molecule has 0 aliphatic heterocycles. The lowest BCUT2D eigenvalue weighted by atomic mass is 9.99. The van der Waals surface area contributed by atoms with Crippen LogP contribution in [0.2, 0.25) is 0 Å². The zero-order valence-corrected chi connectivity index (χ0v) is 11.3. The summed E-state index contributed by atoms with van der Waals surface area (Å²) in [5.41, 5.74) is 8.33. The fraction of sp³-hybridized carbons (Fsp3) is 0.125. The highest BCUT2D eigenvalue weighted by Crippen LogP contribution is 2.13. The van der Waals surface area contributed by atoms with Crippen LogP contribution in [0.5, 0.6) is 0 Å². The summed E-state index contributed by atoms with van der Waals surface area (Å²) in [4.78, 5) is 10.7. The van der Waals surface area contributed by atoms with Crippen LogP contribution in [0.15, 0.2) is 59.8 Å². The van der Waals surface area contributed by atoms with Crippen molar-refractivity contribution in [2.24, 2.45) is 10.9 Å². The van der Waals surface area contributed by atoms with E-state index in [0.717, 1.165) is 16.7 Å². The fourth-order valence-corrected chi connectivity index (χ4v) is 2.02. The van der Waals surface area contributed by atoms with Gasteiger partial charge in [0.05, 0.1) is 0 Å². The number of aliphatic carboxylic acids is 1. The first kappa shape index (κ1) is 14.7. The monoisotopic (exact) mass is 284 g/mol. The van der Waals surface area contributed by atoms with Crippen LogP contribution in [0.1, 0.15) is 16.7 Å². The van der Waals surface area contributed by atoms with Crippen LogP contribution in [0.4, 0.5) is 0 Å². The quantitative estimate of drug-likeness (QED) is 0.443. The molecule has 0 unspecified atom stereocenters. The van der Waals surface area contributed by atoms with Gasteiger partial charge in [-0.3, -0.25) is 4.79 Å². The summed E-state index contributed by atoms with van der Waals surface area (Å²) in [5.74, 6) is -1.03. The molecule has 0 radical (unpaired) electrons. The van der Waals surface area contributed by atoms with Gasteiger partial charge in [0.25, 0.3) is 0 Å². The van der Waals surface area contributed by atoms with Gasteiger partial charge in [0.1, 0.15) is 11.8 Å². The van der Waals surface area contributed by atoms with Crippen molar-refractivity contribution in [1.82, 2.24) is 0 Å². The van der Waals surface area contributed by atoms with Gasteiger partial charge < -0.3 is 16.0 Å². The highest BCUT2D eigenvalue weighted by atomic mass is 16.4. The Morgan fingerprint density at radius 3 is 2.14 bits per heavy atom. The van der Waals surface area contributed by atoms with E-state index in [1.54, 1.807) is 24.3 Å². The molecule has 0 saturated heterocycles. The van der Waals surface area contributed by atoms with Crippen LogP contribution < -0.4 is 5.73 Å². The molecule has 5 heteroatoms. The van der Waals surface area contributed by atoms with Crippen molar-refractivity contribution in [3.05, 3.63) is 71.3 Å². The number of nitrogens with two attached hydrogens (primary N) is 1. The van der Waals surface area contributed by atoms with Crippen molar-refractivity contribution < 1.29 is 15.1 Å². The normalized spacial score (nSPS) is 12.9. The number of benzene rings is 2. The maximum atomic E-state index is 10.7. The highest BCUT2D eigenvalue weighted by molar-refractivity contribution is 6.12. The van der Waals surface area contributed by atoms with Crippen molar-refractivity contribution in [3.63, 3.8) is 0 Å². The van der Waals surface area contributed by atoms with Gasteiger partial charge in [-0.1, -0.05) is 59.8 Å². The number of rotatable bonds is 5. The molecule has 0 aliphatic carbocycles. The van der Waals surface area contributed by atoms with E-state index in [4.69, 9.17) is 10.8 Å². The molecule has 0 heterocycles. The molecule has 0 spiro atoms. The maximum absolute atomic E-state index is 10.7. The Kier molecular flexibility index (Phi) is 4.68. The molecule has 0 aromatic heterocycles. The Hall–Kier alpha value is -2.66. The van der Waals surface area contributed by atoms with Gasteiger partial charge in [0, 0.05) is 11.1 Å². The van der Waals surface area contributed by atoms with E-state index in [1.807, 2.05) is 30.3 Å². The summed E-state index contributed by atoms with van der Waals surface area (Å²) < 4.78 is 0. The Labute approximate surface area is 122 Å². The van der Waals surface area contributed by atoms with Crippen LogP contribution in [0.3, 0.4) is 0 Å². The smallest absolute Gasteiger partial charge is 0.320 e. The van der Waals surface area contributed by atoms with Crippen molar-refractivity contribution in [3.8, 4) is 0 Å². The maximum Gasteiger partial charge on any atom is 0.320 e. The van der Waals surface area contributed by atoms with Crippen LogP contribution in [0.25, 0.3) is 0 Å². The van der Waals surface area contributed by atoms with Gasteiger partial charge in [0.2, 0.25) is 0 Å². The van der Waals surface area contributed by atoms with Crippen LogP contribution >= 0.6 is 0 Å². The number of nitrogens with zero attached hydrogens (tertiary/aromatic N) is 1. The van der Waals surface area contributed by atoms with E-state index in [0.29, 0.717) is 5.71 Å². The molecule has 0 aliphatic rings. The molecule has 21 heavy (non-hydrogen) atoms. The minimum absolute atomic E-state index is 0.256. The lowest BCUT2D eigenvalue weighted by Gasteiger charge is -2.08. The first-order chi connectivity index (χ1) is 10.1. The first-order valence-corrected chi connectivity index (χ1v) is 6.47. The SMILES string of the molecule is N[C@@H](Cc1ccc(/C(=N/O)c2ccccc2)cc1)C(=O)O. The van der Waals surface area contributed by atoms with Crippen LogP contribution in [-0.4, -0.2) is 28.0 Å². The lowest BCUT2D eigenvalue weighted by molar-refractivity contribution is -0.138. The summed E-state index contributed by atoms with van der Waals surface area (Å²) in [7, 11) is 0. The van der Waals surface area contributed by atoms with E-state index in [9.17, 15) is 10.0 Å². The third-order valence-corrected chi connectivity index (χ3v) is 3.15. The van der Waals surface area contributed by atoms with Crippen molar-refractivity contribution in [2.75, 3.05) is 0 Å². The number of carboxylic acid groups (broad SMARTS) is 1. The number of carboxylic acids is 1. The van der Waals surface area contributed by atoms with E-state index in [2.05, 4.69) is 5.16 Å². The third kappa shape index (κ3) is 3.67. The molecule has 1 atom stereocenters. The van der Waals surface area contributed by atoms with Gasteiger partial charge in [-0.05, 0) is 12.0 Å². The number of carbonyl (C=O) groups is 1. The summed E-state index contributed by atoms with van der Waals surface area (Å²) >= 11 is 0. The second kappa shape index (κ2) is 6.67. The van der Waals surface area contributed by atoms with Crippen molar-refractivity contribution in [1.29, 1.82) is 0 Å². The molecule has 2 aromatic rings. The van der Waals surface area contributed by atoms with Gasteiger partial charge in [-0.2, -0.15) is 0 Å². The minimum Gasteiger partial charge on any atom is -0.480 e. The van der Waals surface area contributed by atoms with E-state index in [-0.39, 0.29) is 6.42 Å². The molecular formula is C16H16N2O3. The Balaban J connectivity index is 2.20. The van der Waals surface area contributed by atoms with Crippen LogP contribution in [-0.2, 0) is 11.2 Å². The average molecular weight is 284 g/mol. The summed E-state index contributed by atoms with van der Waals surface area (Å²) in [6.45, 7) is 0. The Morgan fingerprint density at radius 2 is 1.62 bits per heavy atom. The predicted octanol–water partition coefficient (Wildman–Crippen LogP) is 1.87. The van der Waals surface area contributed by atoms with Gasteiger partial charge in [0.15, 0.2) is 0 Å². The Morgan fingerprint density at radius 1 is 1.05 bits per heavy atom. The Bertz CT molecular complexity index is 636. The molecule has 0 fully saturated rings. The molecular weight excluding hydrogens is 268 g/mol. The van der Waals surface area contributed by atoms with Gasteiger partial charge in [-0.25, -0.2) is 0 Å². The van der Waals surface area contributed by atoms with Gasteiger partial charge >= 0.3 is 5.97 Å². The average Bonchev–Trinajstić information content (AvgIpc) is 2.50. The van der Waals surface area contributed by atoms with E-state index < -0.39 is 12.0 Å². The predicted molar refractivity (Wildman–Crippen MR) is 79.6 cm³/mol. The van der Waals surface area contributed by atoms with Gasteiger partial charge in [-0.15, -0.1) is 0 Å². The molecule has 0 bridgehead atoms. The zero-order chi connectivity index (χ0) is 15.2. The second-order valence-electron chi connectivity index (χ2n) is 4.66. The molecule has 0 saturated carbocycles. The number of oxime groups is 1. The zero-order valence-electron chi connectivity index (χ0n) is 11.3. The second-order valence-corrected chi connectivity index (χ2v) is 4.66. The lowest BCUT2D eigenvalue weighted by Crippen LogP contribution is -2.32.